The number of halogens is 1. The summed E-state index contributed by atoms with van der Waals surface area (Å²) in [5.41, 5.74) is 0.922. The smallest absolute Gasteiger partial charge is 0.255 e. The summed E-state index contributed by atoms with van der Waals surface area (Å²) in [6.07, 6.45) is 1.83. The number of carbonyl (C=O) groups is 1. The third kappa shape index (κ3) is 2.73. The van der Waals surface area contributed by atoms with Crippen LogP contribution in [0.25, 0.3) is 5.65 Å². The fraction of sp³-hybridized carbons (Fsp3) is 0.0714. The second kappa shape index (κ2) is 5.53. The number of pyridine rings is 1. The topological polar surface area (TPSA) is 79.5 Å². The maximum Gasteiger partial charge on any atom is 0.255 e. The quantitative estimate of drug-likeness (QED) is 0.761. The number of hydrogen-bond acceptors (Lipinski definition) is 4. The van der Waals surface area contributed by atoms with Crippen LogP contribution in [0.1, 0.15) is 16.2 Å². The minimum absolute atomic E-state index is 0.0678. The molecule has 21 heavy (non-hydrogen) atoms. The minimum atomic E-state index is -0.374. The Morgan fingerprint density at radius 2 is 2.14 bits per heavy atom. The van der Waals surface area contributed by atoms with E-state index in [-0.39, 0.29) is 23.8 Å². The van der Waals surface area contributed by atoms with Gasteiger partial charge in [-0.15, -0.1) is 10.2 Å². The van der Waals surface area contributed by atoms with Gasteiger partial charge in [0.1, 0.15) is 5.75 Å². The molecular weight excluding hydrogens is 336 g/mol. The molecule has 0 aliphatic rings. The van der Waals surface area contributed by atoms with Crippen LogP contribution in [0.5, 0.6) is 5.75 Å². The lowest BCUT2D eigenvalue weighted by atomic mass is 10.2. The molecule has 0 saturated heterocycles. The Labute approximate surface area is 128 Å². The van der Waals surface area contributed by atoms with E-state index in [9.17, 15) is 9.90 Å². The summed E-state index contributed by atoms with van der Waals surface area (Å²) in [7, 11) is 0. The molecule has 0 atom stereocenters. The fourth-order valence-corrected chi connectivity index (χ4v) is 2.32. The van der Waals surface area contributed by atoms with Crippen LogP contribution in [0.2, 0.25) is 0 Å². The summed E-state index contributed by atoms with van der Waals surface area (Å²) >= 11 is 3.27. The maximum atomic E-state index is 12.1. The standard InChI is InChI=1S/C14H11BrN4O2/c15-9-4-5-11(20)10(7-9)14(21)16-8-13-18-17-12-3-1-2-6-19(12)13/h1-7,20H,8H2,(H,16,21). The molecule has 106 valence electrons. The molecule has 0 aliphatic carbocycles. The molecule has 0 unspecified atom stereocenters. The molecule has 0 aliphatic heterocycles. The van der Waals surface area contributed by atoms with Crippen LogP contribution in [0.4, 0.5) is 0 Å². The lowest BCUT2D eigenvalue weighted by Gasteiger charge is -2.06. The zero-order chi connectivity index (χ0) is 14.8. The van der Waals surface area contributed by atoms with E-state index in [4.69, 9.17) is 0 Å². The number of rotatable bonds is 3. The molecule has 2 heterocycles. The van der Waals surface area contributed by atoms with Crippen molar-refractivity contribution in [1.29, 1.82) is 0 Å². The Hall–Kier alpha value is -2.41. The van der Waals surface area contributed by atoms with Crippen LogP contribution < -0.4 is 5.32 Å². The molecule has 7 heteroatoms. The Balaban J connectivity index is 1.78. The maximum absolute atomic E-state index is 12.1. The van der Waals surface area contributed by atoms with Gasteiger partial charge in [0.05, 0.1) is 12.1 Å². The number of nitrogens with zero attached hydrogens (tertiary/aromatic N) is 3. The van der Waals surface area contributed by atoms with Gasteiger partial charge in [0.2, 0.25) is 0 Å². The zero-order valence-electron chi connectivity index (χ0n) is 10.8. The van der Waals surface area contributed by atoms with Crippen LogP contribution in [0, 0.1) is 0 Å². The number of phenolic OH excluding ortho intramolecular Hbond substituents is 1. The van der Waals surface area contributed by atoms with E-state index in [0.29, 0.717) is 11.5 Å². The van der Waals surface area contributed by atoms with Crippen molar-refractivity contribution in [2.75, 3.05) is 0 Å². The first kappa shape index (κ1) is 13.6. The highest BCUT2D eigenvalue weighted by Gasteiger charge is 2.13. The van der Waals surface area contributed by atoms with Gasteiger partial charge in [-0.2, -0.15) is 0 Å². The van der Waals surface area contributed by atoms with Crippen molar-refractivity contribution in [3.8, 4) is 5.75 Å². The monoisotopic (exact) mass is 346 g/mol. The van der Waals surface area contributed by atoms with Crippen LogP contribution in [-0.2, 0) is 6.54 Å². The van der Waals surface area contributed by atoms with Crippen LogP contribution in [-0.4, -0.2) is 25.6 Å². The molecule has 3 aromatic rings. The number of benzene rings is 1. The van der Waals surface area contributed by atoms with Gasteiger partial charge in [0.15, 0.2) is 11.5 Å². The highest BCUT2D eigenvalue weighted by atomic mass is 79.9. The van der Waals surface area contributed by atoms with E-state index < -0.39 is 0 Å². The van der Waals surface area contributed by atoms with Gasteiger partial charge < -0.3 is 10.4 Å². The highest BCUT2D eigenvalue weighted by Crippen LogP contribution is 2.21. The van der Waals surface area contributed by atoms with E-state index in [1.54, 1.807) is 16.5 Å². The van der Waals surface area contributed by atoms with Gasteiger partial charge >= 0.3 is 0 Å². The Morgan fingerprint density at radius 3 is 3.00 bits per heavy atom. The van der Waals surface area contributed by atoms with Gasteiger partial charge in [-0.1, -0.05) is 22.0 Å². The number of aromatic hydroxyl groups is 1. The van der Waals surface area contributed by atoms with Gasteiger partial charge in [-0.05, 0) is 30.3 Å². The Kier molecular flexibility index (Phi) is 3.57. The number of phenols is 1. The summed E-state index contributed by atoms with van der Waals surface area (Å²) in [5.74, 6) is 0.178. The Bertz CT molecular complexity index is 816. The second-order valence-corrected chi connectivity index (χ2v) is 5.30. The van der Waals surface area contributed by atoms with Crippen LogP contribution in [0.15, 0.2) is 47.1 Å². The zero-order valence-corrected chi connectivity index (χ0v) is 12.4. The summed E-state index contributed by atoms with van der Waals surface area (Å²) < 4.78 is 2.51. The highest BCUT2D eigenvalue weighted by molar-refractivity contribution is 9.10. The van der Waals surface area contributed by atoms with Crippen molar-refractivity contribution in [3.05, 3.63) is 58.5 Å². The van der Waals surface area contributed by atoms with Crippen molar-refractivity contribution < 1.29 is 9.90 Å². The average molecular weight is 347 g/mol. The van der Waals surface area contributed by atoms with E-state index in [0.717, 1.165) is 4.47 Å². The lowest BCUT2D eigenvalue weighted by molar-refractivity contribution is 0.0947. The van der Waals surface area contributed by atoms with Crippen LogP contribution in [0.3, 0.4) is 0 Å². The number of carbonyl (C=O) groups excluding carboxylic acids is 1. The number of hydrogen-bond donors (Lipinski definition) is 2. The molecule has 0 bridgehead atoms. The average Bonchev–Trinajstić information content (AvgIpc) is 2.90. The third-order valence-corrected chi connectivity index (χ3v) is 3.49. The first-order valence-corrected chi connectivity index (χ1v) is 7.00. The number of nitrogens with one attached hydrogen (secondary N) is 1. The van der Waals surface area contributed by atoms with E-state index >= 15 is 0 Å². The van der Waals surface area contributed by atoms with Crippen molar-refractivity contribution in [3.63, 3.8) is 0 Å². The van der Waals surface area contributed by atoms with Gasteiger partial charge in [0.25, 0.3) is 5.91 Å². The van der Waals surface area contributed by atoms with E-state index in [1.807, 2.05) is 24.4 Å². The van der Waals surface area contributed by atoms with Gasteiger partial charge in [-0.3, -0.25) is 9.20 Å². The molecule has 2 N–H and O–H groups in total. The summed E-state index contributed by atoms with van der Waals surface area (Å²) in [6, 6.07) is 10.3. The predicted molar refractivity (Wildman–Crippen MR) is 80.0 cm³/mol. The van der Waals surface area contributed by atoms with Crippen molar-refractivity contribution >= 4 is 27.5 Å². The molecule has 2 aromatic heterocycles. The molecule has 0 fully saturated rings. The van der Waals surface area contributed by atoms with Gasteiger partial charge in [0, 0.05) is 10.7 Å². The SMILES string of the molecule is O=C(NCc1nnc2ccccn12)c1cc(Br)ccc1O. The van der Waals surface area contributed by atoms with Crippen LogP contribution >= 0.6 is 15.9 Å². The summed E-state index contributed by atoms with van der Waals surface area (Å²) in [4.78, 5) is 12.1. The third-order valence-electron chi connectivity index (χ3n) is 2.99. The molecule has 0 saturated carbocycles. The fourth-order valence-electron chi connectivity index (χ4n) is 1.96. The summed E-state index contributed by atoms with van der Waals surface area (Å²) in [5, 5.41) is 20.5. The molecule has 6 nitrogen and oxygen atoms in total. The normalized spacial score (nSPS) is 10.7. The van der Waals surface area contributed by atoms with Crippen molar-refractivity contribution in [2.24, 2.45) is 0 Å². The number of amides is 1. The van der Waals surface area contributed by atoms with Crippen molar-refractivity contribution in [1.82, 2.24) is 19.9 Å². The molecule has 0 spiro atoms. The molecule has 0 radical (unpaired) electrons. The number of fused-ring (bicyclic) bond motifs is 1. The van der Waals surface area contributed by atoms with E-state index in [2.05, 4.69) is 31.4 Å². The van der Waals surface area contributed by atoms with E-state index in [1.165, 1.54) is 6.07 Å². The van der Waals surface area contributed by atoms with Crippen molar-refractivity contribution in [2.45, 2.75) is 6.54 Å². The lowest BCUT2D eigenvalue weighted by Crippen LogP contribution is -2.24. The Morgan fingerprint density at radius 1 is 1.29 bits per heavy atom. The largest absolute Gasteiger partial charge is 0.507 e. The molecular formula is C14H11BrN4O2. The van der Waals surface area contributed by atoms with Gasteiger partial charge in [-0.25, -0.2) is 0 Å². The molecule has 1 amide bonds. The first-order chi connectivity index (χ1) is 10.1. The summed E-state index contributed by atoms with van der Waals surface area (Å²) in [6.45, 7) is 0.218. The first-order valence-electron chi connectivity index (χ1n) is 6.20. The minimum Gasteiger partial charge on any atom is -0.507 e. The molecule has 1 aromatic carbocycles. The molecule has 3 rings (SSSR count). The number of aromatic nitrogens is 3. The second-order valence-electron chi connectivity index (χ2n) is 4.39. The predicted octanol–water partition coefficient (Wildman–Crippen LogP) is 2.13.